The van der Waals surface area contributed by atoms with Crippen molar-refractivity contribution in [2.45, 2.75) is 18.2 Å². The number of thiazole rings is 1. The zero-order valence-corrected chi connectivity index (χ0v) is 9.28. The highest BCUT2D eigenvalue weighted by Crippen LogP contribution is 2.22. The number of rotatable bonds is 3. The van der Waals surface area contributed by atoms with E-state index in [2.05, 4.69) is 4.98 Å². The summed E-state index contributed by atoms with van der Waals surface area (Å²) in [6, 6.07) is 0. The van der Waals surface area contributed by atoms with E-state index in [-0.39, 0.29) is 20.7 Å². The van der Waals surface area contributed by atoms with Crippen molar-refractivity contribution < 1.29 is 18.3 Å². The van der Waals surface area contributed by atoms with Crippen LogP contribution in [0.2, 0.25) is 0 Å². The molecule has 0 fully saturated rings. The highest BCUT2D eigenvalue weighted by molar-refractivity contribution is 7.93. The van der Waals surface area contributed by atoms with Crippen molar-refractivity contribution in [3.8, 4) is 0 Å². The summed E-state index contributed by atoms with van der Waals surface area (Å²) in [6.45, 7) is 2.97. The van der Waals surface area contributed by atoms with Gasteiger partial charge >= 0.3 is 5.97 Å². The van der Waals surface area contributed by atoms with Crippen LogP contribution in [0.25, 0.3) is 0 Å². The second-order valence-electron chi connectivity index (χ2n) is 2.60. The van der Waals surface area contributed by atoms with Gasteiger partial charge in [0.05, 0.1) is 11.4 Å². The van der Waals surface area contributed by atoms with Crippen molar-refractivity contribution in [3.05, 3.63) is 10.6 Å². The molecule has 0 saturated heterocycles. The van der Waals surface area contributed by atoms with Gasteiger partial charge in [0, 0.05) is 0 Å². The van der Waals surface area contributed by atoms with Crippen LogP contribution in [0.4, 0.5) is 0 Å². The van der Waals surface area contributed by atoms with Gasteiger partial charge < -0.3 is 5.11 Å². The molecule has 0 spiro atoms. The number of carboxylic acid groups (broad SMARTS) is 1. The molecule has 0 radical (unpaired) electrons. The maximum atomic E-state index is 11.3. The lowest BCUT2D eigenvalue weighted by Gasteiger charge is -1.91. The fraction of sp³-hybridized carbons (Fsp3) is 0.429. The van der Waals surface area contributed by atoms with Gasteiger partial charge in [-0.2, -0.15) is 0 Å². The van der Waals surface area contributed by atoms with Crippen molar-refractivity contribution in [3.63, 3.8) is 0 Å². The second-order valence-corrected chi connectivity index (χ2v) is 6.05. The van der Waals surface area contributed by atoms with Gasteiger partial charge in [-0.1, -0.05) is 18.3 Å². The van der Waals surface area contributed by atoms with E-state index >= 15 is 0 Å². The first-order chi connectivity index (χ1) is 6.38. The third kappa shape index (κ3) is 1.93. The minimum Gasteiger partial charge on any atom is -0.477 e. The molecule has 0 unspecified atom stereocenters. The van der Waals surface area contributed by atoms with E-state index in [9.17, 15) is 13.2 Å². The largest absolute Gasteiger partial charge is 0.477 e. The zero-order valence-electron chi connectivity index (χ0n) is 7.64. The minimum absolute atomic E-state index is 0.0166. The molecule has 1 heterocycles. The molecule has 14 heavy (non-hydrogen) atoms. The van der Waals surface area contributed by atoms with E-state index in [0.29, 0.717) is 11.3 Å². The van der Waals surface area contributed by atoms with Gasteiger partial charge in [-0.3, -0.25) is 0 Å². The molecule has 1 N–H and O–H groups in total. The molecule has 78 valence electrons. The Bertz CT molecular complexity index is 460. The van der Waals surface area contributed by atoms with Crippen LogP contribution in [0.3, 0.4) is 0 Å². The van der Waals surface area contributed by atoms with Crippen LogP contribution in [0, 0.1) is 6.92 Å². The third-order valence-electron chi connectivity index (χ3n) is 1.62. The summed E-state index contributed by atoms with van der Waals surface area (Å²) in [4.78, 5) is 14.3. The molecular formula is C7H9NO4S2. The van der Waals surface area contributed by atoms with Gasteiger partial charge in [0.1, 0.15) is 4.88 Å². The SMILES string of the molecule is CCS(=O)(=O)c1nc(C)c(C(=O)O)s1. The van der Waals surface area contributed by atoms with Crippen LogP contribution in [-0.4, -0.2) is 30.2 Å². The van der Waals surface area contributed by atoms with Crippen LogP contribution in [0.15, 0.2) is 4.34 Å². The van der Waals surface area contributed by atoms with Crippen molar-refractivity contribution in [2.24, 2.45) is 0 Å². The number of aromatic nitrogens is 1. The lowest BCUT2D eigenvalue weighted by atomic mass is 10.4. The Hall–Kier alpha value is -0.950. The molecule has 0 aliphatic heterocycles. The smallest absolute Gasteiger partial charge is 0.347 e. The van der Waals surface area contributed by atoms with Gasteiger partial charge in [0.25, 0.3) is 0 Å². The molecular weight excluding hydrogens is 226 g/mol. The summed E-state index contributed by atoms with van der Waals surface area (Å²) in [6.07, 6.45) is 0. The summed E-state index contributed by atoms with van der Waals surface area (Å²) in [5, 5.41) is 8.69. The molecule has 0 atom stereocenters. The fourth-order valence-electron chi connectivity index (χ4n) is 0.827. The zero-order chi connectivity index (χ0) is 10.9. The monoisotopic (exact) mass is 235 g/mol. The molecule has 1 rings (SSSR count). The quantitative estimate of drug-likeness (QED) is 0.843. The summed E-state index contributed by atoms with van der Waals surface area (Å²) >= 11 is 0.701. The van der Waals surface area contributed by atoms with E-state index in [4.69, 9.17) is 5.11 Å². The Morgan fingerprint density at radius 2 is 2.14 bits per heavy atom. The Kier molecular flexibility index (Phi) is 2.91. The van der Waals surface area contributed by atoms with Crippen molar-refractivity contribution in [2.75, 3.05) is 5.75 Å². The first-order valence-corrected chi connectivity index (χ1v) is 6.29. The summed E-state index contributed by atoms with van der Waals surface area (Å²) in [7, 11) is -3.39. The third-order valence-corrected chi connectivity index (χ3v) is 4.95. The predicted octanol–water partition coefficient (Wildman–Crippen LogP) is 0.943. The van der Waals surface area contributed by atoms with Gasteiger partial charge in [-0.15, -0.1) is 0 Å². The number of aryl methyl sites for hydroxylation is 1. The Morgan fingerprint density at radius 3 is 2.50 bits per heavy atom. The average Bonchev–Trinajstić information content (AvgIpc) is 2.48. The summed E-state index contributed by atoms with van der Waals surface area (Å²) in [5.41, 5.74) is 0.245. The van der Waals surface area contributed by atoms with Crippen molar-refractivity contribution >= 4 is 27.1 Å². The Morgan fingerprint density at radius 1 is 1.57 bits per heavy atom. The van der Waals surface area contributed by atoms with Gasteiger partial charge in [0.2, 0.25) is 14.2 Å². The molecule has 5 nitrogen and oxygen atoms in total. The highest BCUT2D eigenvalue weighted by atomic mass is 32.2. The number of carboxylic acids is 1. The van der Waals surface area contributed by atoms with Gasteiger partial charge in [-0.25, -0.2) is 18.2 Å². The molecule has 0 aliphatic carbocycles. The van der Waals surface area contributed by atoms with E-state index in [1.54, 1.807) is 0 Å². The highest BCUT2D eigenvalue weighted by Gasteiger charge is 2.21. The number of hydrogen-bond donors (Lipinski definition) is 1. The lowest BCUT2D eigenvalue weighted by molar-refractivity contribution is 0.0701. The van der Waals surface area contributed by atoms with Crippen LogP contribution in [0.5, 0.6) is 0 Å². The molecule has 1 aromatic rings. The topological polar surface area (TPSA) is 84.3 Å². The number of aromatic carboxylic acids is 1. The minimum atomic E-state index is -3.39. The number of hydrogen-bond acceptors (Lipinski definition) is 5. The Labute approximate surface area is 85.3 Å². The Balaban J connectivity index is 3.29. The maximum absolute atomic E-state index is 11.3. The summed E-state index contributed by atoms with van der Waals surface area (Å²) < 4.78 is 22.6. The molecule has 0 amide bonds. The standard InChI is InChI=1S/C7H9NO4S2/c1-3-14(11,12)7-8-4(2)5(13-7)6(9)10/h3H2,1-2H3,(H,9,10). The molecule has 7 heteroatoms. The molecule has 0 aromatic carbocycles. The number of carbonyl (C=O) groups is 1. The number of nitrogens with zero attached hydrogens (tertiary/aromatic N) is 1. The maximum Gasteiger partial charge on any atom is 0.347 e. The van der Waals surface area contributed by atoms with Crippen LogP contribution in [-0.2, 0) is 9.84 Å². The van der Waals surface area contributed by atoms with Crippen LogP contribution < -0.4 is 0 Å². The predicted molar refractivity (Wildman–Crippen MR) is 51.5 cm³/mol. The summed E-state index contributed by atoms with van der Waals surface area (Å²) in [5.74, 6) is -1.21. The van der Waals surface area contributed by atoms with E-state index < -0.39 is 15.8 Å². The van der Waals surface area contributed by atoms with Gasteiger partial charge in [0.15, 0.2) is 0 Å². The van der Waals surface area contributed by atoms with Crippen LogP contribution >= 0.6 is 11.3 Å². The van der Waals surface area contributed by atoms with Crippen molar-refractivity contribution in [1.82, 2.24) is 4.98 Å². The molecule has 0 bridgehead atoms. The molecule has 0 aliphatic rings. The number of sulfone groups is 1. The molecule has 1 aromatic heterocycles. The van der Waals surface area contributed by atoms with E-state index in [0.717, 1.165) is 0 Å². The lowest BCUT2D eigenvalue weighted by Crippen LogP contribution is -2.02. The van der Waals surface area contributed by atoms with Crippen LogP contribution in [0.1, 0.15) is 22.3 Å². The fourth-order valence-corrected chi connectivity index (χ4v) is 3.10. The van der Waals surface area contributed by atoms with Crippen molar-refractivity contribution in [1.29, 1.82) is 0 Å². The van der Waals surface area contributed by atoms with E-state index in [1.165, 1.54) is 13.8 Å². The van der Waals surface area contributed by atoms with Gasteiger partial charge in [-0.05, 0) is 6.92 Å². The normalized spacial score (nSPS) is 11.6. The first kappa shape index (κ1) is 11.1. The molecule has 0 saturated carbocycles. The first-order valence-electron chi connectivity index (χ1n) is 3.82. The van der Waals surface area contributed by atoms with E-state index in [1.807, 2.05) is 0 Å². The second kappa shape index (κ2) is 3.66. The average molecular weight is 235 g/mol.